The molecule has 7 nitrogen and oxygen atoms in total. The number of rotatable bonds is 8. The van der Waals surface area contributed by atoms with Crippen molar-refractivity contribution in [3.63, 3.8) is 0 Å². The molecule has 0 aliphatic rings. The Morgan fingerprint density at radius 1 is 1.00 bits per heavy atom. The van der Waals surface area contributed by atoms with Crippen LogP contribution in [0, 0.1) is 11.6 Å². The molecule has 0 spiro atoms. The molecule has 3 N–H and O–H groups in total. The van der Waals surface area contributed by atoms with Crippen LogP contribution in [0.2, 0.25) is 0 Å². The van der Waals surface area contributed by atoms with Gasteiger partial charge in [-0.05, 0) is 36.4 Å². The van der Waals surface area contributed by atoms with Crippen LogP contribution in [0.4, 0.5) is 22.0 Å². The van der Waals surface area contributed by atoms with Crippen LogP contribution in [0.15, 0.2) is 77.4 Å². The number of carbonyl (C=O) groups is 2. The van der Waals surface area contributed by atoms with Crippen molar-refractivity contribution >= 4 is 11.8 Å². The molecule has 0 saturated heterocycles. The van der Waals surface area contributed by atoms with E-state index in [0.29, 0.717) is 5.56 Å². The number of nitrogens with zero attached hydrogens (tertiary/aromatic N) is 1. The van der Waals surface area contributed by atoms with Crippen molar-refractivity contribution in [3.8, 4) is 17.0 Å². The molecule has 4 aromatic rings. The molecule has 1 heterocycles. The first kappa shape index (κ1) is 26.3. The molecule has 1 atom stereocenters. The summed E-state index contributed by atoms with van der Waals surface area (Å²) >= 11 is 0. The largest absolute Gasteiger partial charge is 0.476 e. The standard InChI is InChI=1S/C26H18F5N3O4/c27-17-10-11-19(22(28)21(17)23(32)35)38-20(12-33-24(36)15-4-2-1-3-5-15)25-34-18(13-37-25)14-6-8-16(9-7-14)26(29,30)31/h1-11,13,20H,12H2,(H2,32,35)(H,33,36). The topological polar surface area (TPSA) is 107 Å². The lowest BCUT2D eigenvalue weighted by Crippen LogP contribution is -2.31. The Morgan fingerprint density at radius 2 is 1.68 bits per heavy atom. The van der Waals surface area contributed by atoms with E-state index in [-0.39, 0.29) is 23.7 Å². The fourth-order valence-electron chi connectivity index (χ4n) is 3.46. The van der Waals surface area contributed by atoms with Gasteiger partial charge in [-0.3, -0.25) is 9.59 Å². The van der Waals surface area contributed by atoms with E-state index in [1.165, 1.54) is 12.1 Å². The maximum Gasteiger partial charge on any atom is 0.416 e. The van der Waals surface area contributed by atoms with Crippen LogP contribution >= 0.6 is 0 Å². The summed E-state index contributed by atoms with van der Waals surface area (Å²) in [5, 5.41) is 2.58. The Kier molecular flexibility index (Phi) is 7.42. The molecule has 3 aromatic carbocycles. The number of hydrogen-bond acceptors (Lipinski definition) is 5. The first-order valence-electron chi connectivity index (χ1n) is 11.0. The van der Waals surface area contributed by atoms with E-state index in [0.717, 1.165) is 30.5 Å². The average molecular weight is 531 g/mol. The van der Waals surface area contributed by atoms with Gasteiger partial charge in [0.1, 0.15) is 23.3 Å². The second kappa shape index (κ2) is 10.7. The molecule has 196 valence electrons. The summed E-state index contributed by atoms with van der Waals surface area (Å²) in [4.78, 5) is 28.2. The molecule has 4 rings (SSSR count). The maximum absolute atomic E-state index is 14.8. The van der Waals surface area contributed by atoms with E-state index >= 15 is 0 Å². The Hall–Kier alpha value is -4.74. The fraction of sp³-hybridized carbons (Fsp3) is 0.115. The Morgan fingerprint density at radius 3 is 2.32 bits per heavy atom. The molecule has 0 aliphatic carbocycles. The number of nitrogens with one attached hydrogen (secondary N) is 1. The molecule has 0 aliphatic heterocycles. The van der Waals surface area contributed by atoms with Gasteiger partial charge in [-0.1, -0.05) is 30.3 Å². The molecule has 2 amide bonds. The predicted molar refractivity (Wildman–Crippen MR) is 124 cm³/mol. The summed E-state index contributed by atoms with van der Waals surface area (Å²) in [5.41, 5.74) is 3.91. The minimum Gasteiger partial charge on any atom is -0.476 e. The number of alkyl halides is 3. The molecule has 0 bridgehead atoms. The molecule has 0 fully saturated rings. The first-order valence-corrected chi connectivity index (χ1v) is 11.0. The smallest absolute Gasteiger partial charge is 0.416 e. The number of aromatic nitrogens is 1. The average Bonchev–Trinajstić information content (AvgIpc) is 3.38. The van der Waals surface area contributed by atoms with Gasteiger partial charge in [0.25, 0.3) is 11.8 Å². The van der Waals surface area contributed by atoms with Crippen molar-refractivity contribution < 1.29 is 40.7 Å². The summed E-state index contributed by atoms with van der Waals surface area (Å²) in [5.74, 6) is -5.19. The highest BCUT2D eigenvalue weighted by molar-refractivity contribution is 5.94. The van der Waals surface area contributed by atoms with Crippen LogP contribution in [0.1, 0.15) is 38.3 Å². The van der Waals surface area contributed by atoms with Crippen molar-refractivity contribution in [2.24, 2.45) is 5.73 Å². The normalized spacial score (nSPS) is 12.1. The minimum atomic E-state index is -4.52. The van der Waals surface area contributed by atoms with Crippen molar-refractivity contribution in [2.45, 2.75) is 12.3 Å². The number of nitrogens with two attached hydrogens (primary N) is 1. The number of ether oxygens (including phenoxy) is 1. The second-order valence-corrected chi connectivity index (χ2v) is 7.93. The highest BCUT2D eigenvalue weighted by atomic mass is 19.4. The molecule has 38 heavy (non-hydrogen) atoms. The number of benzene rings is 3. The summed E-state index contributed by atoms with van der Waals surface area (Å²) in [6.07, 6.45) is -4.68. The van der Waals surface area contributed by atoms with E-state index < -0.39 is 52.6 Å². The van der Waals surface area contributed by atoms with Crippen LogP contribution in [0.3, 0.4) is 0 Å². The predicted octanol–water partition coefficient (Wildman–Crippen LogP) is 5.29. The van der Waals surface area contributed by atoms with Gasteiger partial charge in [0.2, 0.25) is 5.89 Å². The number of hydrogen-bond donors (Lipinski definition) is 2. The van der Waals surface area contributed by atoms with Crippen molar-refractivity contribution in [3.05, 3.63) is 107 Å². The van der Waals surface area contributed by atoms with E-state index in [2.05, 4.69) is 10.3 Å². The van der Waals surface area contributed by atoms with Gasteiger partial charge in [0.05, 0.1) is 12.1 Å². The van der Waals surface area contributed by atoms with Crippen LogP contribution in [0.5, 0.6) is 5.75 Å². The van der Waals surface area contributed by atoms with Crippen LogP contribution in [0.25, 0.3) is 11.3 Å². The van der Waals surface area contributed by atoms with E-state index in [4.69, 9.17) is 14.9 Å². The molecular weight excluding hydrogens is 513 g/mol. The maximum atomic E-state index is 14.8. The Balaban J connectivity index is 1.63. The lowest BCUT2D eigenvalue weighted by Gasteiger charge is -2.18. The molecule has 0 radical (unpaired) electrons. The lowest BCUT2D eigenvalue weighted by atomic mass is 10.1. The molecule has 0 saturated carbocycles. The van der Waals surface area contributed by atoms with Crippen LogP contribution in [-0.4, -0.2) is 23.3 Å². The molecule has 12 heteroatoms. The second-order valence-electron chi connectivity index (χ2n) is 7.93. The number of carbonyl (C=O) groups excluding carboxylic acids is 2. The summed E-state index contributed by atoms with van der Waals surface area (Å²) in [6, 6.07) is 13.9. The number of amides is 2. The SMILES string of the molecule is NC(=O)c1c(F)ccc(OC(CNC(=O)c2ccccc2)c2nc(-c3ccc(C(F)(F)F)cc3)co2)c1F. The molecule has 1 unspecified atom stereocenters. The van der Waals surface area contributed by atoms with E-state index in [1.54, 1.807) is 30.3 Å². The zero-order chi connectivity index (χ0) is 27.4. The number of primary amides is 1. The highest BCUT2D eigenvalue weighted by Crippen LogP contribution is 2.32. The minimum absolute atomic E-state index is 0.133. The van der Waals surface area contributed by atoms with Gasteiger partial charge < -0.3 is 20.2 Å². The third-order valence-electron chi connectivity index (χ3n) is 5.36. The zero-order valence-corrected chi connectivity index (χ0v) is 19.3. The molecule has 1 aromatic heterocycles. The van der Waals surface area contributed by atoms with Gasteiger partial charge in [-0.2, -0.15) is 13.2 Å². The zero-order valence-electron chi connectivity index (χ0n) is 19.3. The third-order valence-corrected chi connectivity index (χ3v) is 5.36. The fourth-order valence-corrected chi connectivity index (χ4v) is 3.46. The summed E-state index contributed by atoms with van der Waals surface area (Å²) in [6.45, 7) is -0.316. The summed E-state index contributed by atoms with van der Waals surface area (Å²) in [7, 11) is 0. The van der Waals surface area contributed by atoms with Gasteiger partial charge >= 0.3 is 6.18 Å². The van der Waals surface area contributed by atoms with Crippen molar-refractivity contribution in [1.29, 1.82) is 0 Å². The first-order chi connectivity index (χ1) is 18.0. The highest BCUT2D eigenvalue weighted by Gasteiger charge is 2.30. The lowest BCUT2D eigenvalue weighted by molar-refractivity contribution is -0.137. The van der Waals surface area contributed by atoms with Gasteiger partial charge in [0.15, 0.2) is 17.7 Å². The van der Waals surface area contributed by atoms with E-state index in [9.17, 15) is 31.5 Å². The summed E-state index contributed by atoms with van der Waals surface area (Å²) < 4.78 is 78.4. The van der Waals surface area contributed by atoms with Crippen LogP contribution in [-0.2, 0) is 6.18 Å². The number of halogens is 5. The third kappa shape index (κ3) is 5.80. The monoisotopic (exact) mass is 531 g/mol. The van der Waals surface area contributed by atoms with Gasteiger partial charge in [0, 0.05) is 11.1 Å². The quantitative estimate of drug-likeness (QED) is 0.301. The number of oxazole rings is 1. The molecular formula is C26H18F5N3O4. The van der Waals surface area contributed by atoms with E-state index in [1.807, 2.05) is 0 Å². The van der Waals surface area contributed by atoms with Crippen LogP contribution < -0.4 is 15.8 Å². The van der Waals surface area contributed by atoms with Gasteiger partial charge in [-0.15, -0.1) is 0 Å². The Labute approximate surface area is 212 Å². The van der Waals surface area contributed by atoms with Crippen molar-refractivity contribution in [2.75, 3.05) is 6.54 Å². The van der Waals surface area contributed by atoms with Crippen molar-refractivity contribution in [1.82, 2.24) is 10.3 Å². The van der Waals surface area contributed by atoms with Gasteiger partial charge in [-0.25, -0.2) is 13.8 Å². The Bertz CT molecular complexity index is 1450.